The highest BCUT2D eigenvalue weighted by molar-refractivity contribution is 5.33. The minimum atomic E-state index is -4.33. The van der Waals surface area contributed by atoms with Crippen LogP contribution in [-0.2, 0) is 6.54 Å². The molecule has 1 aliphatic heterocycles. The Labute approximate surface area is 129 Å². The van der Waals surface area contributed by atoms with E-state index in [1.54, 1.807) is 12.1 Å². The van der Waals surface area contributed by atoms with Gasteiger partial charge >= 0.3 is 6.18 Å². The van der Waals surface area contributed by atoms with Crippen LogP contribution in [0.25, 0.3) is 0 Å². The molecule has 1 aromatic rings. The van der Waals surface area contributed by atoms with Gasteiger partial charge in [0, 0.05) is 31.2 Å². The Bertz CT molecular complexity index is 502. The zero-order chi connectivity index (χ0) is 16.4. The summed E-state index contributed by atoms with van der Waals surface area (Å²) in [6, 6.07) is 7.05. The van der Waals surface area contributed by atoms with Gasteiger partial charge in [0.1, 0.15) is 5.75 Å². The number of ether oxygens (including phenoxy) is 1. The van der Waals surface area contributed by atoms with E-state index in [-0.39, 0.29) is 11.5 Å². The van der Waals surface area contributed by atoms with Crippen molar-refractivity contribution in [1.29, 1.82) is 0 Å². The highest BCUT2D eigenvalue weighted by Crippen LogP contribution is 2.30. The number of alkyl halides is 3. The fourth-order valence-electron chi connectivity index (χ4n) is 2.80. The van der Waals surface area contributed by atoms with Crippen LogP contribution in [0.4, 0.5) is 13.2 Å². The molecule has 1 fully saturated rings. The van der Waals surface area contributed by atoms with E-state index in [0.29, 0.717) is 12.3 Å². The first-order valence-corrected chi connectivity index (χ1v) is 7.43. The highest BCUT2D eigenvalue weighted by Gasteiger charge is 2.33. The Hall–Kier alpha value is -1.27. The normalized spacial score (nSPS) is 22.5. The number of para-hydroxylation sites is 1. The van der Waals surface area contributed by atoms with Crippen molar-refractivity contribution in [1.82, 2.24) is 4.90 Å². The second-order valence-corrected chi connectivity index (χ2v) is 6.61. The first kappa shape index (κ1) is 17.1. The lowest BCUT2D eigenvalue weighted by Gasteiger charge is -2.42. The average molecular weight is 316 g/mol. The fourth-order valence-corrected chi connectivity index (χ4v) is 2.80. The standard InChI is InChI=1S/C16H23F3N2O/c1-15(2)10-21(8-7-14(15)20)9-12-5-3-4-6-13(12)22-11-16(17,18)19/h3-6,14H,7-11,20H2,1-2H3. The van der Waals surface area contributed by atoms with Gasteiger partial charge in [0.25, 0.3) is 0 Å². The van der Waals surface area contributed by atoms with E-state index in [1.165, 1.54) is 0 Å². The molecule has 22 heavy (non-hydrogen) atoms. The minimum absolute atomic E-state index is 0.0000203. The molecule has 6 heteroatoms. The summed E-state index contributed by atoms with van der Waals surface area (Å²) in [5.74, 6) is 0.299. The van der Waals surface area contributed by atoms with Gasteiger partial charge in [-0.15, -0.1) is 0 Å². The lowest BCUT2D eigenvalue weighted by Crippen LogP contribution is -2.52. The maximum absolute atomic E-state index is 12.3. The third-order valence-electron chi connectivity index (χ3n) is 4.15. The van der Waals surface area contributed by atoms with Crippen LogP contribution in [0.5, 0.6) is 5.75 Å². The average Bonchev–Trinajstić information content (AvgIpc) is 2.41. The molecule has 1 heterocycles. The molecule has 3 nitrogen and oxygen atoms in total. The Kier molecular flexibility index (Phi) is 5.02. The molecule has 0 saturated carbocycles. The third-order valence-corrected chi connectivity index (χ3v) is 4.15. The van der Waals surface area contributed by atoms with Crippen LogP contribution in [0.15, 0.2) is 24.3 Å². The summed E-state index contributed by atoms with van der Waals surface area (Å²) in [5, 5.41) is 0. The predicted octanol–water partition coefficient (Wildman–Crippen LogP) is 3.19. The second-order valence-electron chi connectivity index (χ2n) is 6.61. The monoisotopic (exact) mass is 316 g/mol. The quantitative estimate of drug-likeness (QED) is 0.927. The summed E-state index contributed by atoms with van der Waals surface area (Å²) in [6.45, 7) is 5.22. The first-order chi connectivity index (χ1) is 10.2. The van der Waals surface area contributed by atoms with Gasteiger partial charge in [-0.1, -0.05) is 32.0 Å². The molecule has 2 rings (SSSR count). The molecule has 2 N–H and O–H groups in total. The lowest BCUT2D eigenvalue weighted by atomic mass is 9.79. The number of halogens is 3. The van der Waals surface area contributed by atoms with Crippen molar-refractivity contribution >= 4 is 0 Å². The van der Waals surface area contributed by atoms with Crippen LogP contribution >= 0.6 is 0 Å². The predicted molar refractivity (Wildman–Crippen MR) is 79.6 cm³/mol. The molecular weight excluding hydrogens is 293 g/mol. The second kappa shape index (κ2) is 6.46. The zero-order valence-electron chi connectivity index (χ0n) is 13.0. The molecule has 0 spiro atoms. The number of nitrogens with zero attached hydrogens (tertiary/aromatic N) is 1. The van der Waals surface area contributed by atoms with Gasteiger partial charge in [0.05, 0.1) is 0 Å². The molecule has 124 valence electrons. The summed E-state index contributed by atoms with van der Waals surface area (Å²) in [6.07, 6.45) is -3.44. The van der Waals surface area contributed by atoms with E-state index in [2.05, 4.69) is 18.7 Å². The molecule has 1 aromatic carbocycles. The van der Waals surface area contributed by atoms with Crippen molar-refractivity contribution in [3.8, 4) is 5.75 Å². The van der Waals surface area contributed by atoms with Gasteiger partial charge in [-0.25, -0.2) is 0 Å². The van der Waals surface area contributed by atoms with Gasteiger partial charge in [-0.2, -0.15) is 13.2 Å². The van der Waals surface area contributed by atoms with E-state index in [1.807, 2.05) is 12.1 Å². The molecule has 0 bridgehead atoms. The van der Waals surface area contributed by atoms with E-state index >= 15 is 0 Å². The number of nitrogens with two attached hydrogens (primary N) is 1. The molecule has 0 aliphatic carbocycles. The molecule has 1 unspecified atom stereocenters. The van der Waals surface area contributed by atoms with E-state index in [0.717, 1.165) is 25.1 Å². The number of hydrogen-bond donors (Lipinski definition) is 1. The van der Waals surface area contributed by atoms with Gasteiger partial charge in [-0.05, 0) is 17.9 Å². The van der Waals surface area contributed by atoms with Crippen LogP contribution in [0.2, 0.25) is 0 Å². The Balaban J connectivity index is 2.04. The van der Waals surface area contributed by atoms with E-state index in [4.69, 9.17) is 10.5 Å². The van der Waals surface area contributed by atoms with Crippen molar-refractivity contribution < 1.29 is 17.9 Å². The molecule has 1 saturated heterocycles. The smallest absolute Gasteiger partial charge is 0.422 e. The molecular formula is C16H23F3N2O. The van der Waals surface area contributed by atoms with Gasteiger partial charge in [0.2, 0.25) is 0 Å². The van der Waals surface area contributed by atoms with Crippen molar-refractivity contribution in [2.45, 2.75) is 39.0 Å². The molecule has 1 atom stereocenters. The third kappa shape index (κ3) is 4.61. The summed E-state index contributed by atoms with van der Waals surface area (Å²) >= 11 is 0. The SMILES string of the molecule is CC1(C)CN(Cc2ccccc2OCC(F)(F)F)CCC1N. The van der Waals surface area contributed by atoms with Gasteiger partial charge in [-0.3, -0.25) is 4.90 Å². The highest BCUT2D eigenvalue weighted by atomic mass is 19.4. The minimum Gasteiger partial charge on any atom is -0.484 e. The largest absolute Gasteiger partial charge is 0.484 e. The van der Waals surface area contributed by atoms with E-state index < -0.39 is 12.8 Å². The van der Waals surface area contributed by atoms with Crippen molar-refractivity contribution in [3.63, 3.8) is 0 Å². The lowest BCUT2D eigenvalue weighted by molar-refractivity contribution is -0.153. The number of rotatable bonds is 4. The summed E-state index contributed by atoms with van der Waals surface area (Å²) in [7, 11) is 0. The molecule has 0 aromatic heterocycles. The van der Waals surface area contributed by atoms with Crippen LogP contribution in [-0.4, -0.2) is 36.8 Å². The number of likely N-dealkylation sites (tertiary alicyclic amines) is 1. The Morgan fingerprint density at radius 2 is 2.00 bits per heavy atom. The van der Waals surface area contributed by atoms with Crippen molar-refractivity contribution in [3.05, 3.63) is 29.8 Å². The van der Waals surface area contributed by atoms with Crippen LogP contribution in [0.3, 0.4) is 0 Å². The molecule has 0 amide bonds. The molecule has 0 radical (unpaired) electrons. The van der Waals surface area contributed by atoms with Crippen molar-refractivity contribution in [2.75, 3.05) is 19.7 Å². The zero-order valence-corrected chi connectivity index (χ0v) is 13.0. The number of hydrogen-bond acceptors (Lipinski definition) is 3. The topological polar surface area (TPSA) is 38.5 Å². The Morgan fingerprint density at radius 1 is 1.32 bits per heavy atom. The summed E-state index contributed by atoms with van der Waals surface area (Å²) < 4.78 is 41.9. The fraction of sp³-hybridized carbons (Fsp3) is 0.625. The first-order valence-electron chi connectivity index (χ1n) is 7.43. The summed E-state index contributed by atoms with van der Waals surface area (Å²) in [5.41, 5.74) is 6.89. The van der Waals surface area contributed by atoms with Gasteiger partial charge in [0.15, 0.2) is 6.61 Å². The van der Waals surface area contributed by atoms with Gasteiger partial charge < -0.3 is 10.5 Å². The molecule has 1 aliphatic rings. The van der Waals surface area contributed by atoms with Crippen molar-refractivity contribution in [2.24, 2.45) is 11.1 Å². The number of piperidine rings is 1. The van der Waals surface area contributed by atoms with Crippen LogP contribution in [0, 0.1) is 5.41 Å². The van der Waals surface area contributed by atoms with Crippen LogP contribution < -0.4 is 10.5 Å². The number of benzene rings is 1. The summed E-state index contributed by atoms with van der Waals surface area (Å²) in [4.78, 5) is 2.22. The maximum atomic E-state index is 12.3. The Morgan fingerprint density at radius 3 is 2.64 bits per heavy atom. The van der Waals surface area contributed by atoms with E-state index in [9.17, 15) is 13.2 Å². The maximum Gasteiger partial charge on any atom is 0.422 e. The van der Waals surface area contributed by atoms with Crippen LogP contribution in [0.1, 0.15) is 25.8 Å².